The lowest BCUT2D eigenvalue weighted by Crippen LogP contribution is -2.54. The van der Waals surface area contributed by atoms with Crippen molar-refractivity contribution in [2.24, 2.45) is 5.41 Å². The summed E-state index contributed by atoms with van der Waals surface area (Å²) in [6.45, 7) is 4.09. The van der Waals surface area contributed by atoms with E-state index in [9.17, 15) is 36.6 Å². The molecule has 2 bridgehead atoms. The van der Waals surface area contributed by atoms with Gasteiger partial charge in [-0.25, -0.2) is 8.42 Å². The van der Waals surface area contributed by atoms with E-state index in [1.165, 1.54) is 16.4 Å². The van der Waals surface area contributed by atoms with Crippen LogP contribution in [0.2, 0.25) is 5.02 Å². The number of furan rings is 1. The number of alkyl halides is 3. The molecule has 290 valence electrons. The summed E-state index contributed by atoms with van der Waals surface area (Å²) in [5.74, 6) is -1.01. The minimum Gasteiger partial charge on any atom is -0.453 e. The number of rotatable bonds is 9. The molecule has 1 saturated carbocycles. The fourth-order valence-electron chi connectivity index (χ4n) is 8.17. The number of hydrogen-bond acceptors (Lipinski definition) is 7. The molecule has 54 heavy (non-hydrogen) atoms. The van der Waals surface area contributed by atoms with Crippen molar-refractivity contribution >= 4 is 38.7 Å². The van der Waals surface area contributed by atoms with Crippen molar-refractivity contribution in [3.63, 3.8) is 0 Å². The third-order valence-electron chi connectivity index (χ3n) is 11.4. The van der Waals surface area contributed by atoms with E-state index >= 15 is 0 Å². The molecule has 1 fully saturated rings. The summed E-state index contributed by atoms with van der Waals surface area (Å²) in [6, 6.07) is 15.1. The quantitative estimate of drug-likeness (QED) is 0.129. The number of sulfonamides is 1. The van der Waals surface area contributed by atoms with Gasteiger partial charge in [-0.3, -0.25) is 4.79 Å². The van der Waals surface area contributed by atoms with Gasteiger partial charge in [0.2, 0.25) is 15.8 Å². The Labute approximate surface area is 323 Å². The Morgan fingerprint density at radius 2 is 1.87 bits per heavy atom. The van der Waals surface area contributed by atoms with E-state index in [1.807, 2.05) is 43.5 Å². The van der Waals surface area contributed by atoms with Crippen LogP contribution in [0, 0.1) is 5.41 Å². The summed E-state index contributed by atoms with van der Waals surface area (Å²) in [6.07, 6.45) is 1.78. The average molecular weight is 804 g/mol. The number of halogens is 4. The number of aliphatic hydroxyl groups is 2. The predicted octanol–water partition coefficient (Wildman–Crippen LogP) is 9.45. The van der Waals surface area contributed by atoms with Gasteiger partial charge in [-0.05, 0) is 123 Å². The molecule has 0 saturated heterocycles. The van der Waals surface area contributed by atoms with Gasteiger partial charge < -0.3 is 14.6 Å². The molecule has 7 nitrogen and oxygen atoms in total. The molecular formula is C41H45ClF3NO6S2. The maximum atomic E-state index is 14.5. The first-order valence-corrected chi connectivity index (χ1v) is 21.2. The number of aliphatic hydroxyl groups excluding tert-OH is 1. The highest BCUT2D eigenvalue weighted by Gasteiger charge is 2.58. The van der Waals surface area contributed by atoms with E-state index in [0.717, 1.165) is 34.9 Å². The number of carbonyl (C=O) groups excluding carboxylic acids is 1. The van der Waals surface area contributed by atoms with E-state index < -0.39 is 44.7 Å². The van der Waals surface area contributed by atoms with Crippen molar-refractivity contribution in [3.8, 4) is 11.3 Å². The Kier molecular flexibility index (Phi) is 11.8. The zero-order chi connectivity index (χ0) is 39.1. The predicted molar refractivity (Wildman–Crippen MR) is 205 cm³/mol. The second-order valence-electron chi connectivity index (χ2n) is 15.1. The van der Waals surface area contributed by atoms with Crippen LogP contribution < -0.4 is 0 Å². The molecule has 3 aliphatic carbocycles. The zero-order valence-electron chi connectivity index (χ0n) is 30.5. The standard InChI is InChI=1S/C41H45ClF3NO6S2/c1-26-6-4-18-39(2)34(16-19-40(39,49)25-46(54(3,50)51)20-17-30-7-5-21-53-30)31-12-9-27(22-29(47)11-8-26)23-32(31)38(48)37-15-14-36(52-37)33-24-28(41(43,44)45)10-13-35(33)42/h5-7,9-10,12-15,21,23-24,29,34,47,49H,4,8,11,16-20,22,25H2,1-3H3/t29-,34-,39-,40+/m0/s1. The third-order valence-corrected chi connectivity index (χ3v) is 13.9. The Morgan fingerprint density at radius 3 is 2.57 bits per heavy atom. The topological polar surface area (TPSA) is 108 Å². The lowest BCUT2D eigenvalue weighted by Gasteiger charge is -2.45. The van der Waals surface area contributed by atoms with Gasteiger partial charge in [-0.2, -0.15) is 17.5 Å². The molecule has 0 unspecified atom stereocenters. The largest absolute Gasteiger partial charge is 0.453 e. The van der Waals surface area contributed by atoms with Gasteiger partial charge >= 0.3 is 6.18 Å². The van der Waals surface area contributed by atoms with Crippen molar-refractivity contribution in [1.82, 2.24) is 4.31 Å². The van der Waals surface area contributed by atoms with Crippen LogP contribution in [-0.2, 0) is 29.0 Å². The molecule has 3 aliphatic rings. The molecule has 0 radical (unpaired) electrons. The number of carbonyl (C=O) groups is 1. The van der Waals surface area contributed by atoms with Crippen LogP contribution in [0.3, 0.4) is 0 Å². The molecule has 2 heterocycles. The molecule has 2 aromatic carbocycles. The number of hydrogen-bond donors (Lipinski definition) is 2. The number of allylic oxidation sites excluding steroid dienone is 2. The minimum atomic E-state index is -4.61. The summed E-state index contributed by atoms with van der Waals surface area (Å²) in [5.41, 5.74) is -0.506. The van der Waals surface area contributed by atoms with Crippen molar-refractivity contribution < 1.29 is 41.0 Å². The Balaban J connectivity index is 1.41. The van der Waals surface area contributed by atoms with Crippen LogP contribution in [-0.4, -0.2) is 59.8 Å². The monoisotopic (exact) mass is 803 g/mol. The molecule has 13 heteroatoms. The zero-order valence-corrected chi connectivity index (χ0v) is 32.8. The highest BCUT2D eigenvalue weighted by Crippen LogP contribution is 2.59. The molecule has 0 spiro atoms. The van der Waals surface area contributed by atoms with Crippen LogP contribution in [0.25, 0.3) is 11.3 Å². The van der Waals surface area contributed by atoms with E-state index in [0.29, 0.717) is 49.7 Å². The van der Waals surface area contributed by atoms with Gasteiger partial charge in [0.1, 0.15) is 5.76 Å². The first-order chi connectivity index (χ1) is 25.4. The van der Waals surface area contributed by atoms with Crippen LogP contribution in [0.1, 0.15) is 96.0 Å². The normalized spacial score (nSPS) is 24.0. The van der Waals surface area contributed by atoms with Crippen molar-refractivity contribution in [1.29, 1.82) is 0 Å². The summed E-state index contributed by atoms with van der Waals surface area (Å²) in [5, 5.41) is 25.6. The molecule has 7 rings (SSSR count). The van der Waals surface area contributed by atoms with Crippen LogP contribution in [0.15, 0.2) is 82.1 Å². The number of ketones is 1. The Bertz CT molecular complexity index is 2130. The van der Waals surface area contributed by atoms with Crippen molar-refractivity contribution in [2.75, 3.05) is 19.3 Å². The van der Waals surface area contributed by atoms with E-state index in [-0.39, 0.29) is 59.5 Å². The lowest BCUT2D eigenvalue weighted by molar-refractivity contribution is -0.137. The van der Waals surface area contributed by atoms with Gasteiger partial charge in [0.05, 0.1) is 28.5 Å². The summed E-state index contributed by atoms with van der Waals surface area (Å²) >= 11 is 7.85. The smallest absolute Gasteiger partial charge is 0.416 e. The van der Waals surface area contributed by atoms with Crippen molar-refractivity contribution in [2.45, 2.75) is 89.0 Å². The summed E-state index contributed by atoms with van der Waals surface area (Å²) in [7, 11) is -3.71. The minimum absolute atomic E-state index is 0.00429. The number of thiophene rings is 1. The second-order valence-corrected chi connectivity index (χ2v) is 18.5. The maximum Gasteiger partial charge on any atom is 0.416 e. The second kappa shape index (κ2) is 15.7. The Hall–Kier alpha value is -3.26. The lowest BCUT2D eigenvalue weighted by atomic mass is 9.65. The highest BCUT2D eigenvalue weighted by atomic mass is 35.5. The van der Waals surface area contributed by atoms with E-state index in [1.54, 1.807) is 17.4 Å². The van der Waals surface area contributed by atoms with Gasteiger partial charge in [0.25, 0.3) is 0 Å². The first kappa shape index (κ1) is 40.4. The fourth-order valence-corrected chi connectivity index (χ4v) is 9.95. The molecule has 4 aromatic rings. The van der Waals surface area contributed by atoms with Gasteiger partial charge in [-0.1, -0.05) is 48.4 Å². The van der Waals surface area contributed by atoms with E-state index in [2.05, 4.69) is 6.08 Å². The highest BCUT2D eigenvalue weighted by molar-refractivity contribution is 7.88. The van der Waals surface area contributed by atoms with Gasteiger partial charge in [-0.15, -0.1) is 11.3 Å². The number of fused-ring (bicyclic) bond motifs is 8. The average Bonchev–Trinajstić information content (AvgIpc) is 3.86. The summed E-state index contributed by atoms with van der Waals surface area (Å²) in [4.78, 5) is 15.5. The van der Waals surface area contributed by atoms with Gasteiger partial charge in [0, 0.05) is 34.5 Å². The van der Waals surface area contributed by atoms with Crippen LogP contribution >= 0.6 is 22.9 Å². The Morgan fingerprint density at radius 1 is 1.09 bits per heavy atom. The van der Waals surface area contributed by atoms with E-state index in [4.69, 9.17) is 16.0 Å². The van der Waals surface area contributed by atoms with Gasteiger partial charge in [0.15, 0.2) is 5.76 Å². The molecular weight excluding hydrogens is 759 g/mol. The SMILES string of the molecule is CC1=CCC[C@@]2(C)[C@@H](CC[C@@]2(O)CN(CCc2cccs2)S(C)(=O)=O)c2ccc(cc2C(=O)c2ccc(-c3cc(C(F)(F)F)ccc3Cl)o2)C[C@@H](O)CC1. The molecule has 0 amide bonds. The van der Waals surface area contributed by atoms with Crippen LogP contribution in [0.5, 0.6) is 0 Å². The number of benzene rings is 2. The van der Waals surface area contributed by atoms with Crippen LogP contribution in [0.4, 0.5) is 13.2 Å². The maximum absolute atomic E-state index is 14.5. The molecule has 0 aliphatic heterocycles. The molecule has 2 N–H and O–H groups in total. The van der Waals surface area contributed by atoms with Crippen molar-refractivity contribution in [3.05, 3.63) is 116 Å². The third kappa shape index (κ3) is 8.59. The first-order valence-electron chi connectivity index (χ1n) is 18.1. The summed E-state index contributed by atoms with van der Waals surface area (Å²) < 4.78 is 74.4. The molecule has 4 atom stereocenters. The molecule has 2 aromatic heterocycles. The number of nitrogens with zero attached hydrogens (tertiary/aromatic N) is 1. The fraction of sp³-hybridized carbons (Fsp3) is 0.439.